The molecule has 7 nitrogen and oxygen atoms in total. The number of likely N-dealkylation sites (N-methyl/N-ethyl adjacent to an activating group) is 1. The number of aromatic hydroxyl groups is 1. The van der Waals surface area contributed by atoms with Crippen LogP contribution in [-0.2, 0) is 9.53 Å². The third-order valence-electron chi connectivity index (χ3n) is 4.09. The molecule has 1 N–H and O–H groups in total. The predicted octanol–water partition coefficient (Wildman–Crippen LogP) is 4.03. The van der Waals surface area contributed by atoms with Crippen LogP contribution >= 0.6 is 34.4 Å². The van der Waals surface area contributed by atoms with Gasteiger partial charge in [-0.15, -0.1) is 0 Å². The number of thioether (sulfide) groups is 1. The maximum absolute atomic E-state index is 12.6. The molecule has 1 fully saturated rings. The van der Waals surface area contributed by atoms with Gasteiger partial charge in [0, 0.05) is 7.05 Å². The molecule has 0 unspecified atom stereocenters. The van der Waals surface area contributed by atoms with Gasteiger partial charge in [0.25, 0.3) is 5.91 Å². The number of phenols is 1. The summed E-state index contributed by atoms with van der Waals surface area (Å²) in [7, 11) is 4.45. The Kier molecular flexibility index (Phi) is 6.48. The number of carbonyl (C=O) groups is 2. The number of hydrogen-bond acceptors (Lipinski definition) is 7. The highest BCUT2D eigenvalue weighted by Crippen LogP contribution is 2.36. The monoisotopic (exact) mass is 524 g/mol. The molecule has 0 aromatic heterocycles. The van der Waals surface area contributed by atoms with Crippen molar-refractivity contribution in [3.63, 3.8) is 0 Å². The SMILES string of the molecule is COC(=O)c1ccc(N=C2S/C(=C\c3cc(I)c(O)c(OC)c3)C(=O)N2C)cc1. The van der Waals surface area contributed by atoms with Gasteiger partial charge in [-0.2, -0.15) is 0 Å². The molecule has 2 aromatic carbocycles. The van der Waals surface area contributed by atoms with E-state index in [9.17, 15) is 14.7 Å². The van der Waals surface area contributed by atoms with Gasteiger partial charge in [0.2, 0.25) is 0 Å². The maximum atomic E-state index is 12.6. The molecule has 1 amide bonds. The van der Waals surface area contributed by atoms with Gasteiger partial charge in [0.05, 0.1) is 33.9 Å². The molecule has 9 heteroatoms. The molecular weight excluding hydrogens is 507 g/mol. The average Bonchev–Trinajstić information content (AvgIpc) is 2.98. The number of methoxy groups -OCH3 is 2. The summed E-state index contributed by atoms with van der Waals surface area (Å²) in [6.45, 7) is 0. The molecule has 0 bridgehead atoms. The Morgan fingerprint density at radius 3 is 2.55 bits per heavy atom. The average molecular weight is 524 g/mol. The van der Waals surface area contributed by atoms with E-state index in [2.05, 4.69) is 9.73 Å². The van der Waals surface area contributed by atoms with Gasteiger partial charge >= 0.3 is 5.97 Å². The van der Waals surface area contributed by atoms with Crippen molar-refractivity contribution in [2.24, 2.45) is 4.99 Å². The molecule has 29 heavy (non-hydrogen) atoms. The van der Waals surface area contributed by atoms with Crippen molar-refractivity contribution in [1.82, 2.24) is 4.90 Å². The van der Waals surface area contributed by atoms with E-state index in [1.54, 1.807) is 49.5 Å². The Morgan fingerprint density at radius 1 is 1.24 bits per heavy atom. The predicted molar refractivity (Wildman–Crippen MR) is 121 cm³/mol. The minimum absolute atomic E-state index is 0.0652. The van der Waals surface area contributed by atoms with E-state index in [0.717, 1.165) is 5.56 Å². The van der Waals surface area contributed by atoms with Gasteiger partial charge in [-0.1, -0.05) is 0 Å². The lowest BCUT2D eigenvalue weighted by Crippen LogP contribution is -2.23. The summed E-state index contributed by atoms with van der Waals surface area (Å²) in [6.07, 6.45) is 1.73. The number of benzene rings is 2. The first-order valence-electron chi connectivity index (χ1n) is 8.35. The standard InChI is InChI=1S/C20H17IN2O5S/c1-23-18(25)16(10-11-8-14(21)17(24)15(9-11)27-2)29-20(23)22-13-6-4-12(5-7-13)19(26)28-3/h4-10,24H,1-3H3/b16-10-,22-20?. The summed E-state index contributed by atoms with van der Waals surface area (Å²) in [6, 6.07) is 10.0. The molecule has 0 atom stereocenters. The topological polar surface area (TPSA) is 88.4 Å². The number of esters is 1. The van der Waals surface area contributed by atoms with E-state index in [0.29, 0.717) is 30.6 Å². The zero-order valence-corrected chi connectivity index (χ0v) is 18.8. The van der Waals surface area contributed by atoms with E-state index in [1.165, 1.54) is 30.9 Å². The van der Waals surface area contributed by atoms with Gasteiger partial charge in [0.15, 0.2) is 16.7 Å². The first-order chi connectivity index (χ1) is 13.8. The first-order valence-corrected chi connectivity index (χ1v) is 10.2. The van der Waals surface area contributed by atoms with E-state index in [1.807, 2.05) is 22.6 Å². The van der Waals surface area contributed by atoms with Crippen molar-refractivity contribution in [3.05, 3.63) is 56.0 Å². The van der Waals surface area contributed by atoms with Crippen LogP contribution in [0.4, 0.5) is 5.69 Å². The van der Waals surface area contributed by atoms with Crippen molar-refractivity contribution < 1.29 is 24.2 Å². The number of hydrogen-bond donors (Lipinski definition) is 1. The van der Waals surface area contributed by atoms with Gasteiger partial charge in [-0.25, -0.2) is 9.79 Å². The molecule has 3 rings (SSSR count). The third kappa shape index (κ3) is 4.56. The molecule has 0 aliphatic carbocycles. The van der Waals surface area contributed by atoms with Crippen molar-refractivity contribution in [3.8, 4) is 11.5 Å². The van der Waals surface area contributed by atoms with Crippen LogP contribution in [-0.4, -0.2) is 48.3 Å². The van der Waals surface area contributed by atoms with Crippen LogP contribution < -0.4 is 4.74 Å². The number of phenolic OH excluding ortho intramolecular Hbond substituents is 1. The summed E-state index contributed by atoms with van der Waals surface area (Å²) in [4.78, 5) is 30.6. The maximum Gasteiger partial charge on any atom is 0.337 e. The largest absolute Gasteiger partial charge is 0.504 e. The molecule has 2 aromatic rings. The van der Waals surface area contributed by atoms with E-state index >= 15 is 0 Å². The number of rotatable bonds is 4. The zero-order chi connectivity index (χ0) is 21.1. The van der Waals surface area contributed by atoms with Crippen molar-refractivity contribution in [2.75, 3.05) is 21.3 Å². The molecule has 0 spiro atoms. The number of ether oxygens (including phenoxy) is 2. The van der Waals surface area contributed by atoms with E-state index < -0.39 is 5.97 Å². The Bertz CT molecular complexity index is 1030. The summed E-state index contributed by atoms with van der Waals surface area (Å²) in [5.41, 5.74) is 1.77. The molecule has 150 valence electrons. The molecular formula is C20H17IN2O5S. The summed E-state index contributed by atoms with van der Waals surface area (Å²) in [5.74, 6) is -0.194. The number of halogens is 1. The minimum Gasteiger partial charge on any atom is -0.504 e. The molecule has 1 aliphatic heterocycles. The van der Waals surface area contributed by atoms with E-state index in [-0.39, 0.29) is 11.7 Å². The zero-order valence-electron chi connectivity index (χ0n) is 15.8. The van der Waals surface area contributed by atoms with Gasteiger partial charge < -0.3 is 14.6 Å². The lowest BCUT2D eigenvalue weighted by atomic mass is 10.2. The van der Waals surface area contributed by atoms with Crippen LogP contribution in [0.25, 0.3) is 6.08 Å². The fourth-order valence-electron chi connectivity index (χ4n) is 2.54. The minimum atomic E-state index is -0.420. The molecule has 1 heterocycles. The number of amides is 1. The molecule has 0 radical (unpaired) electrons. The van der Waals surface area contributed by atoms with Gasteiger partial charge in [-0.3, -0.25) is 9.69 Å². The normalized spacial score (nSPS) is 16.6. The van der Waals surface area contributed by atoms with Crippen molar-refractivity contribution in [1.29, 1.82) is 0 Å². The van der Waals surface area contributed by atoms with Crippen LogP contribution in [0.1, 0.15) is 15.9 Å². The Hall–Kier alpha value is -2.53. The Morgan fingerprint density at radius 2 is 1.93 bits per heavy atom. The second-order valence-corrected chi connectivity index (χ2v) is 8.13. The molecule has 1 saturated heterocycles. The number of carbonyl (C=O) groups excluding carboxylic acids is 2. The number of aliphatic imine (C=N–C) groups is 1. The van der Waals surface area contributed by atoms with Crippen molar-refractivity contribution in [2.45, 2.75) is 0 Å². The van der Waals surface area contributed by atoms with Crippen LogP contribution in [0.15, 0.2) is 46.3 Å². The van der Waals surface area contributed by atoms with Gasteiger partial charge in [-0.05, 0) is 82.4 Å². The summed E-state index contributed by atoms with van der Waals surface area (Å²) >= 11 is 3.25. The van der Waals surface area contributed by atoms with Crippen LogP contribution in [0.5, 0.6) is 11.5 Å². The van der Waals surface area contributed by atoms with Crippen molar-refractivity contribution >= 4 is 63.2 Å². The summed E-state index contributed by atoms with van der Waals surface area (Å²) < 4.78 is 10.5. The Labute approximate surface area is 185 Å². The molecule has 0 saturated carbocycles. The number of nitrogens with zero attached hydrogens (tertiary/aromatic N) is 2. The fraction of sp³-hybridized carbons (Fsp3) is 0.150. The smallest absolute Gasteiger partial charge is 0.337 e. The van der Waals surface area contributed by atoms with Gasteiger partial charge in [0.1, 0.15) is 0 Å². The lowest BCUT2D eigenvalue weighted by Gasteiger charge is -2.07. The quantitative estimate of drug-likeness (QED) is 0.369. The highest BCUT2D eigenvalue weighted by Gasteiger charge is 2.30. The molecule has 1 aliphatic rings. The summed E-state index contributed by atoms with van der Waals surface area (Å²) in [5, 5.41) is 10.5. The highest BCUT2D eigenvalue weighted by atomic mass is 127. The Balaban J connectivity index is 1.88. The third-order valence-corrected chi connectivity index (χ3v) is 5.97. The lowest BCUT2D eigenvalue weighted by molar-refractivity contribution is -0.121. The first kappa shape index (κ1) is 21.2. The van der Waals surface area contributed by atoms with Crippen LogP contribution in [0.2, 0.25) is 0 Å². The fourth-order valence-corrected chi connectivity index (χ4v) is 4.15. The second-order valence-electron chi connectivity index (χ2n) is 5.96. The van der Waals surface area contributed by atoms with Crippen LogP contribution in [0, 0.1) is 3.57 Å². The number of amidine groups is 1. The van der Waals surface area contributed by atoms with Crippen LogP contribution in [0.3, 0.4) is 0 Å². The highest BCUT2D eigenvalue weighted by molar-refractivity contribution is 14.1. The van der Waals surface area contributed by atoms with E-state index in [4.69, 9.17) is 4.74 Å². The second kappa shape index (κ2) is 8.87.